The molecule has 2 aromatic rings. The van der Waals surface area contributed by atoms with E-state index >= 15 is 0 Å². The second-order valence-corrected chi connectivity index (χ2v) is 7.33. The molecule has 1 aromatic carbocycles. The fourth-order valence-electron chi connectivity index (χ4n) is 3.22. The average Bonchev–Trinajstić information content (AvgIpc) is 3.21. The predicted molar refractivity (Wildman–Crippen MR) is 98.1 cm³/mol. The molecule has 1 atom stereocenters. The third kappa shape index (κ3) is 4.65. The van der Waals surface area contributed by atoms with E-state index in [0.717, 1.165) is 56.0 Å². The van der Waals surface area contributed by atoms with Crippen molar-refractivity contribution in [2.75, 3.05) is 13.1 Å². The molecule has 5 heteroatoms. The molecule has 0 aliphatic carbocycles. The molecule has 0 unspecified atom stereocenters. The summed E-state index contributed by atoms with van der Waals surface area (Å²) in [5.41, 5.74) is 2.36. The van der Waals surface area contributed by atoms with Crippen LogP contribution in [0.4, 0.5) is 0 Å². The van der Waals surface area contributed by atoms with E-state index in [1.165, 1.54) is 5.56 Å². The van der Waals surface area contributed by atoms with Crippen LogP contribution in [0.3, 0.4) is 0 Å². The zero-order valence-corrected chi connectivity index (χ0v) is 15.0. The molecule has 4 nitrogen and oxygen atoms in total. The lowest BCUT2D eigenvalue weighted by Crippen LogP contribution is -2.43. The second kappa shape index (κ2) is 8.40. The quantitative estimate of drug-likeness (QED) is 0.786. The summed E-state index contributed by atoms with van der Waals surface area (Å²) in [6.45, 7) is 4.61. The van der Waals surface area contributed by atoms with E-state index in [4.69, 9.17) is 0 Å². The van der Waals surface area contributed by atoms with Crippen molar-refractivity contribution in [2.24, 2.45) is 0 Å². The standard InChI is InChI=1S/C19H25N3OS/c1-15-14-24-18(21-15)10-5-11-20-19(23)17-9-6-12-22(17)13-16-7-3-2-4-8-16/h2-4,7-8,14,17H,5-6,9-13H2,1H3,(H,20,23)/t17-/m0/s1. The Morgan fingerprint density at radius 2 is 2.21 bits per heavy atom. The van der Waals surface area contributed by atoms with Crippen LogP contribution < -0.4 is 5.32 Å². The molecular formula is C19H25N3OS. The van der Waals surface area contributed by atoms with Gasteiger partial charge in [0.1, 0.15) is 0 Å². The maximum absolute atomic E-state index is 12.5. The Morgan fingerprint density at radius 3 is 2.96 bits per heavy atom. The number of hydrogen-bond acceptors (Lipinski definition) is 4. The van der Waals surface area contributed by atoms with Crippen molar-refractivity contribution in [2.45, 2.75) is 45.2 Å². The first-order valence-corrected chi connectivity index (χ1v) is 9.57. The number of hydrogen-bond donors (Lipinski definition) is 1. The number of aryl methyl sites for hydroxylation is 2. The molecule has 1 amide bonds. The Labute approximate surface area is 147 Å². The third-order valence-corrected chi connectivity index (χ3v) is 5.45. The van der Waals surface area contributed by atoms with Gasteiger partial charge in [0.25, 0.3) is 0 Å². The molecule has 0 saturated carbocycles. The first-order valence-electron chi connectivity index (χ1n) is 8.69. The van der Waals surface area contributed by atoms with Crippen LogP contribution in [-0.4, -0.2) is 34.9 Å². The van der Waals surface area contributed by atoms with Crippen molar-refractivity contribution < 1.29 is 4.79 Å². The molecule has 0 radical (unpaired) electrons. The highest BCUT2D eigenvalue weighted by Crippen LogP contribution is 2.20. The minimum absolute atomic E-state index is 0.0207. The molecule has 128 valence electrons. The van der Waals surface area contributed by atoms with E-state index in [1.54, 1.807) is 11.3 Å². The first kappa shape index (κ1) is 17.1. The summed E-state index contributed by atoms with van der Waals surface area (Å²) in [5, 5.41) is 6.35. The van der Waals surface area contributed by atoms with E-state index in [1.807, 2.05) is 13.0 Å². The van der Waals surface area contributed by atoms with Crippen LogP contribution in [0.25, 0.3) is 0 Å². The fraction of sp³-hybridized carbons (Fsp3) is 0.474. The van der Waals surface area contributed by atoms with Crippen LogP contribution in [0.5, 0.6) is 0 Å². The number of nitrogens with one attached hydrogen (secondary N) is 1. The number of thiazole rings is 1. The van der Waals surface area contributed by atoms with Gasteiger partial charge >= 0.3 is 0 Å². The van der Waals surface area contributed by atoms with Crippen LogP contribution in [0.1, 0.15) is 35.5 Å². The lowest BCUT2D eigenvalue weighted by Gasteiger charge is -2.23. The lowest BCUT2D eigenvalue weighted by molar-refractivity contribution is -0.125. The number of amides is 1. The summed E-state index contributed by atoms with van der Waals surface area (Å²) >= 11 is 1.70. The molecule has 1 aliphatic rings. The summed E-state index contributed by atoms with van der Waals surface area (Å²) in [6, 6.07) is 10.4. The zero-order valence-electron chi connectivity index (χ0n) is 14.2. The normalized spacial score (nSPS) is 18.0. The minimum Gasteiger partial charge on any atom is -0.355 e. The van der Waals surface area contributed by atoms with Crippen molar-refractivity contribution in [1.29, 1.82) is 0 Å². The van der Waals surface area contributed by atoms with Gasteiger partial charge in [-0.05, 0) is 38.3 Å². The number of aromatic nitrogens is 1. The van der Waals surface area contributed by atoms with Gasteiger partial charge in [0, 0.05) is 30.6 Å². The van der Waals surface area contributed by atoms with E-state index < -0.39 is 0 Å². The summed E-state index contributed by atoms with van der Waals surface area (Å²) < 4.78 is 0. The molecule has 0 spiro atoms. The Bertz CT molecular complexity index is 656. The first-order chi connectivity index (χ1) is 11.7. The number of carbonyl (C=O) groups excluding carboxylic acids is 1. The summed E-state index contributed by atoms with van der Waals surface area (Å²) in [4.78, 5) is 19.3. The van der Waals surface area contributed by atoms with Gasteiger partial charge in [-0.3, -0.25) is 9.69 Å². The Morgan fingerprint density at radius 1 is 1.38 bits per heavy atom. The third-order valence-electron chi connectivity index (χ3n) is 4.43. The number of benzene rings is 1. The Kier molecular flexibility index (Phi) is 5.99. The second-order valence-electron chi connectivity index (χ2n) is 6.39. The highest BCUT2D eigenvalue weighted by atomic mass is 32.1. The fourth-order valence-corrected chi connectivity index (χ4v) is 4.03. The van der Waals surface area contributed by atoms with Crippen LogP contribution in [0, 0.1) is 6.92 Å². The van der Waals surface area contributed by atoms with Gasteiger partial charge in [0.05, 0.1) is 11.0 Å². The number of carbonyl (C=O) groups is 1. The van der Waals surface area contributed by atoms with Gasteiger partial charge in [0.15, 0.2) is 0 Å². The van der Waals surface area contributed by atoms with Gasteiger partial charge in [-0.25, -0.2) is 4.98 Å². The van der Waals surface area contributed by atoms with Gasteiger partial charge in [-0.2, -0.15) is 0 Å². The van der Waals surface area contributed by atoms with Gasteiger partial charge in [-0.1, -0.05) is 30.3 Å². The van der Waals surface area contributed by atoms with E-state index in [-0.39, 0.29) is 11.9 Å². The van der Waals surface area contributed by atoms with Crippen LogP contribution >= 0.6 is 11.3 Å². The monoisotopic (exact) mass is 343 g/mol. The molecule has 2 heterocycles. The number of rotatable bonds is 7. The summed E-state index contributed by atoms with van der Waals surface area (Å²) in [7, 11) is 0. The van der Waals surface area contributed by atoms with Crippen molar-refractivity contribution >= 4 is 17.2 Å². The van der Waals surface area contributed by atoms with Crippen LogP contribution in [-0.2, 0) is 17.8 Å². The van der Waals surface area contributed by atoms with Crippen molar-refractivity contribution in [3.8, 4) is 0 Å². The van der Waals surface area contributed by atoms with Crippen molar-refractivity contribution in [3.63, 3.8) is 0 Å². The molecular weight excluding hydrogens is 318 g/mol. The van der Waals surface area contributed by atoms with Gasteiger partial charge < -0.3 is 5.32 Å². The maximum Gasteiger partial charge on any atom is 0.237 e. The molecule has 1 fully saturated rings. The highest BCUT2D eigenvalue weighted by molar-refractivity contribution is 7.09. The van der Waals surface area contributed by atoms with E-state index in [0.29, 0.717) is 0 Å². The smallest absolute Gasteiger partial charge is 0.237 e. The van der Waals surface area contributed by atoms with Crippen molar-refractivity contribution in [3.05, 3.63) is 52.0 Å². The molecule has 0 bridgehead atoms. The summed E-state index contributed by atoms with van der Waals surface area (Å²) in [6.07, 6.45) is 3.95. The number of likely N-dealkylation sites (tertiary alicyclic amines) is 1. The zero-order chi connectivity index (χ0) is 16.8. The molecule has 3 rings (SSSR count). The van der Waals surface area contributed by atoms with Crippen molar-refractivity contribution in [1.82, 2.24) is 15.2 Å². The molecule has 1 aliphatic heterocycles. The lowest BCUT2D eigenvalue weighted by atomic mass is 10.1. The van der Waals surface area contributed by atoms with Crippen LogP contribution in [0.15, 0.2) is 35.7 Å². The van der Waals surface area contributed by atoms with Gasteiger partial charge in [0.2, 0.25) is 5.91 Å². The van der Waals surface area contributed by atoms with E-state index in [2.05, 4.69) is 44.8 Å². The van der Waals surface area contributed by atoms with Crippen LogP contribution in [0.2, 0.25) is 0 Å². The SMILES string of the molecule is Cc1csc(CCCNC(=O)[C@@H]2CCCN2Cc2ccccc2)n1. The minimum atomic E-state index is 0.0207. The van der Waals surface area contributed by atoms with Gasteiger partial charge in [-0.15, -0.1) is 11.3 Å². The number of nitrogens with zero attached hydrogens (tertiary/aromatic N) is 2. The maximum atomic E-state index is 12.5. The molecule has 1 aromatic heterocycles. The largest absolute Gasteiger partial charge is 0.355 e. The summed E-state index contributed by atoms with van der Waals surface area (Å²) in [5.74, 6) is 0.179. The topological polar surface area (TPSA) is 45.2 Å². The molecule has 24 heavy (non-hydrogen) atoms. The average molecular weight is 343 g/mol. The highest BCUT2D eigenvalue weighted by Gasteiger charge is 2.30. The predicted octanol–water partition coefficient (Wildman–Crippen LogP) is 3.16. The Hall–Kier alpha value is -1.72. The molecule has 1 saturated heterocycles. The van der Waals surface area contributed by atoms with E-state index in [9.17, 15) is 4.79 Å². The Balaban J connectivity index is 1.43. The molecule has 1 N–H and O–H groups in total.